The minimum Gasteiger partial charge on any atom is -0.489 e. The number of hydrogen-bond acceptors (Lipinski definition) is 3. The Balaban J connectivity index is 0.00000625. The first-order chi connectivity index (χ1) is 11.7. The Morgan fingerprint density at radius 2 is 1.81 bits per heavy atom. The lowest BCUT2D eigenvalue weighted by atomic mass is 9.93. The van der Waals surface area contributed by atoms with Gasteiger partial charge in [-0.3, -0.25) is 9.79 Å². The van der Waals surface area contributed by atoms with Crippen LogP contribution >= 0.6 is 58.8 Å². The Morgan fingerprint density at radius 1 is 1.23 bits per heavy atom. The molecule has 0 fully saturated rings. The molecule has 4 N–H and O–H groups in total. The Bertz CT molecular complexity index is 619. The van der Waals surface area contributed by atoms with Crippen molar-refractivity contribution in [3.63, 3.8) is 0 Å². The van der Waals surface area contributed by atoms with Gasteiger partial charge >= 0.3 is 0 Å². The first-order valence-electron chi connectivity index (χ1n) is 7.76. The van der Waals surface area contributed by atoms with Crippen LogP contribution in [0.5, 0.6) is 5.75 Å². The predicted molar refractivity (Wildman–Crippen MR) is 119 cm³/mol. The summed E-state index contributed by atoms with van der Waals surface area (Å²) in [5.41, 5.74) is 4.63. The van der Waals surface area contributed by atoms with Gasteiger partial charge in [0, 0.05) is 11.6 Å². The predicted octanol–water partition coefficient (Wildman–Crippen LogP) is 3.71. The number of rotatable bonds is 8. The van der Waals surface area contributed by atoms with Crippen LogP contribution in [0, 0.1) is 5.41 Å². The van der Waals surface area contributed by atoms with Crippen LogP contribution in [0.1, 0.15) is 20.8 Å². The van der Waals surface area contributed by atoms with E-state index in [9.17, 15) is 4.79 Å². The molecule has 0 aromatic heterocycles. The van der Waals surface area contributed by atoms with Crippen LogP contribution in [0.2, 0.25) is 15.1 Å². The van der Waals surface area contributed by atoms with E-state index in [1.54, 1.807) is 26.0 Å². The highest BCUT2D eigenvalue weighted by Crippen LogP contribution is 2.35. The van der Waals surface area contributed by atoms with Crippen LogP contribution in [-0.4, -0.2) is 38.1 Å². The lowest BCUT2D eigenvalue weighted by Crippen LogP contribution is -2.41. The van der Waals surface area contributed by atoms with Crippen molar-refractivity contribution in [1.82, 2.24) is 10.6 Å². The Morgan fingerprint density at radius 3 is 2.31 bits per heavy atom. The molecule has 0 atom stereocenters. The number of guanidine groups is 1. The summed E-state index contributed by atoms with van der Waals surface area (Å²) in [5.74, 6) is 0.544. The third-order valence-corrected chi connectivity index (χ3v) is 4.03. The van der Waals surface area contributed by atoms with Crippen molar-refractivity contribution in [2.45, 2.75) is 20.8 Å². The summed E-state index contributed by atoms with van der Waals surface area (Å²) in [6.45, 7) is 7.15. The molecule has 0 saturated heterocycles. The number of aliphatic imine (C=N–C) groups is 1. The van der Waals surface area contributed by atoms with E-state index in [1.807, 2.05) is 6.92 Å². The molecule has 10 heteroatoms. The van der Waals surface area contributed by atoms with E-state index < -0.39 is 11.3 Å². The second-order valence-corrected chi connectivity index (χ2v) is 7.17. The highest BCUT2D eigenvalue weighted by Gasteiger charge is 2.24. The number of halogens is 4. The normalized spacial score (nSPS) is 11.5. The summed E-state index contributed by atoms with van der Waals surface area (Å²) in [6, 6.07) is 3.13. The zero-order valence-electron chi connectivity index (χ0n) is 14.9. The molecular weight excluding hydrogens is 513 g/mol. The fourth-order valence-corrected chi connectivity index (χ4v) is 2.61. The average Bonchev–Trinajstić information content (AvgIpc) is 2.50. The number of carbonyl (C=O) groups is 1. The van der Waals surface area contributed by atoms with E-state index in [1.165, 1.54) is 0 Å². The number of carbonyl (C=O) groups excluding carboxylic acids is 1. The van der Waals surface area contributed by atoms with Crippen LogP contribution in [0.4, 0.5) is 0 Å². The molecule has 0 saturated carbocycles. The molecule has 0 aliphatic carbocycles. The molecule has 26 heavy (non-hydrogen) atoms. The van der Waals surface area contributed by atoms with Gasteiger partial charge in [0.05, 0.1) is 28.5 Å². The zero-order chi connectivity index (χ0) is 19.0. The molecule has 0 radical (unpaired) electrons. The zero-order valence-corrected chi connectivity index (χ0v) is 19.5. The van der Waals surface area contributed by atoms with E-state index in [-0.39, 0.29) is 30.5 Å². The third kappa shape index (κ3) is 8.37. The number of nitrogens with two attached hydrogens (primary N) is 1. The average molecular weight is 538 g/mol. The summed E-state index contributed by atoms with van der Waals surface area (Å²) in [7, 11) is 0. The smallest absolute Gasteiger partial charge is 0.224 e. The molecule has 6 nitrogen and oxygen atoms in total. The lowest BCUT2D eigenvalue weighted by molar-refractivity contribution is -0.125. The molecule has 148 valence electrons. The number of ether oxygens (including phenoxy) is 1. The van der Waals surface area contributed by atoms with Gasteiger partial charge < -0.3 is 21.1 Å². The molecule has 0 aliphatic rings. The Labute approximate surface area is 186 Å². The van der Waals surface area contributed by atoms with Gasteiger partial charge in [-0.05, 0) is 32.9 Å². The van der Waals surface area contributed by atoms with Crippen molar-refractivity contribution in [2.24, 2.45) is 16.1 Å². The standard InChI is InChI=1S/C16H23Cl3N4O2.HI/c1-4-21-15(23-9-16(2,3)14(20)24)22-5-6-25-13-11(18)7-10(17)8-12(13)19;/h7-8H,4-6,9H2,1-3H3,(H2,20,24)(H2,21,22,23);1H. The summed E-state index contributed by atoms with van der Waals surface area (Å²) in [4.78, 5) is 15.7. The minimum absolute atomic E-state index is 0. The van der Waals surface area contributed by atoms with E-state index in [4.69, 9.17) is 45.3 Å². The van der Waals surface area contributed by atoms with E-state index in [0.29, 0.717) is 46.5 Å². The van der Waals surface area contributed by atoms with Gasteiger partial charge in [0.2, 0.25) is 5.91 Å². The van der Waals surface area contributed by atoms with Crippen molar-refractivity contribution in [3.8, 4) is 5.75 Å². The molecule has 1 amide bonds. The van der Waals surface area contributed by atoms with Gasteiger partial charge in [-0.1, -0.05) is 34.8 Å². The fraction of sp³-hybridized carbons (Fsp3) is 0.500. The first kappa shape index (κ1) is 25.4. The Hall–Kier alpha value is -0.640. The first-order valence-corrected chi connectivity index (χ1v) is 8.90. The molecule has 0 spiro atoms. The second-order valence-electron chi connectivity index (χ2n) is 5.92. The van der Waals surface area contributed by atoms with Gasteiger partial charge in [-0.2, -0.15) is 0 Å². The summed E-state index contributed by atoms with van der Waals surface area (Å²) in [6.07, 6.45) is 0. The van der Waals surface area contributed by atoms with Gasteiger partial charge in [-0.15, -0.1) is 24.0 Å². The number of amides is 1. The number of hydrogen-bond donors (Lipinski definition) is 3. The van der Waals surface area contributed by atoms with E-state index >= 15 is 0 Å². The summed E-state index contributed by atoms with van der Waals surface area (Å²) in [5, 5.41) is 7.33. The van der Waals surface area contributed by atoms with Gasteiger partial charge in [0.1, 0.15) is 6.61 Å². The molecule has 1 rings (SSSR count). The second kappa shape index (κ2) is 11.9. The highest BCUT2D eigenvalue weighted by atomic mass is 127. The van der Waals surface area contributed by atoms with Crippen LogP contribution in [0.3, 0.4) is 0 Å². The van der Waals surface area contributed by atoms with Crippen LogP contribution in [0.15, 0.2) is 17.1 Å². The van der Waals surface area contributed by atoms with Gasteiger partial charge in [0.15, 0.2) is 11.7 Å². The van der Waals surface area contributed by atoms with Crippen LogP contribution in [0.25, 0.3) is 0 Å². The molecule has 1 aromatic rings. The maximum absolute atomic E-state index is 11.4. The van der Waals surface area contributed by atoms with Crippen molar-refractivity contribution >= 4 is 70.6 Å². The quantitative estimate of drug-likeness (QED) is 0.204. The Kier molecular flexibility index (Phi) is 11.7. The van der Waals surface area contributed by atoms with E-state index in [2.05, 4.69) is 15.6 Å². The van der Waals surface area contributed by atoms with Crippen LogP contribution in [-0.2, 0) is 4.79 Å². The van der Waals surface area contributed by atoms with Crippen molar-refractivity contribution in [1.29, 1.82) is 0 Å². The largest absolute Gasteiger partial charge is 0.489 e. The highest BCUT2D eigenvalue weighted by molar-refractivity contribution is 14.0. The monoisotopic (exact) mass is 536 g/mol. The van der Waals surface area contributed by atoms with Crippen LogP contribution < -0.4 is 21.1 Å². The maximum atomic E-state index is 11.4. The van der Waals surface area contributed by atoms with Crippen molar-refractivity contribution in [3.05, 3.63) is 27.2 Å². The fourth-order valence-electron chi connectivity index (χ4n) is 1.69. The van der Waals surface area contributed by atoms with Gasteiger partial charge in [-0.25, -0.2) is 0 Å². The molecule has 0 unspecified atom stereocenters. The molecule has 0 bridgehead atoms. The minimum atomic E-state index is -0.719. The SMILES string of the molecule is CCNC(=NCC(C)(C)C(N)=O)NCCOc1c(Cl)cc(Cl)cc1Cl.I. The third-order valence-electron chi connectivity index (χ3n) is 3.25. The van der Waals surface area contributed by atoms with Crippen molar-refractivity contribution in [2.75, 3.05) is 26.2 Å². The molecule has 0 heterocycles. The number of benzene rings is 1. The molecule has 0 aliphatic heterocycles. The number of primary amides is 1. The van der Waals surface area contributed by atoms with Gasteiger partial charge in [0.25, 0.3) is 0 Å². The summed E-state index contributed by atoms with van der Waals surface area (Å²) < 4.78 is 5.59. The number of nitrogens with zero attached hydrogens (tertiary/aromatic N) is 1. The lowest BCUT2D eigenvalue weighted by Gasteiger charge is -2.19. The number of nitrogens with one attached hydrogen (secondary N) is 2. The molecular formula is C16H24Cl3IN4O2. The summed E-state index contributed by atoms with van der Waals surface area (Å²) >= 11 is 18.0. The van der Waals surface area contributed by atoms with E-state index in [0.717, 1.165) is 0 Å². The topological polar surface area (TPSA) is 88.7 Å². The van der Waals surface area contributed by atoms with Crippen molar-refractivity contribution < 1.29 is 9.53 Å². The molecule has 1 aromatic carbocycles. The maximum Gasteiger partial charge on any atom is 0.224 e.